The van der Waals surface area contributed by atoms with E-state index in [0.717, 1.165) is 0 Å². The zero-order chi connectivity index (χ0) is 25.3. The second-order valence-electron chi connectivity index (χ2n) is 7.29. The van der Waals surface area contributed by atoms with Crippen molar-refractivity contribution in [3.63, 3.8) is 0 Å². The Morgan fingerprint density at radius 2 is 1.82 bits per heavy atom. The fourth-order valence-electron chi connectivity index (χ4n) is 3.15. The van der Waals surface area contributed by atoms with Gasteiger partial charge in [-0.15, -0.1) is 0 Å². The SMILES string of the molecule is CCOC(=O)[C@@H](CCC(=O)c1c(Cl)ccc(NC(=O)Cc2cccc(Cl)c2)c1Cl)CNC(N)=O. The first-order valence-electron chi connectivity index (χ1n) is 10.4. The summed E-state index contributed by atoms with van der Waals surface area (Å²) in [4.78, 5) is 48.5. The highest BCUT2D eigenvalue weighted by atomic mass is 35.5. The summed E-state index contributed by atoms with van der Waals surface area (Å²) in [7, 11) is 0. The van der Waals surface area contributed by atoms with E-state index in [4.69, 9.17) is 45.3 Å². The van der Waals surface area contributed by atoms with Crippen molar-refractivity contribution in [2.45, 2.75) is 26.2 Å². The van der Waals surface area contributed by atoms with Crippen LogP contribution in [-0.2, 0) is 20.7 Å². The van der Waals surface area contributed by atoms with Gasteiger partial charge in [0.25, 0.3) is 0 Å². The van der Waals surface area contributed by atoms with Gasteiger partial charge >= 0.3 is 12.0 Å². The quantitative estimate of drug-likeness (QED) is 0.289. The van der Waals surface area contributed by atoms with Gasteiger partial charge in [0.15, 0.2) is 5.78 Å². The molecule has 4 N–H and O–H groups in total. The molecule has 182 valence electrons. The van der Waals surface area contributed by atoms with Crippen molar-refractivity contribution < 1.29 is 23.9 Å². The van der Waals surface area contributed by atoms with E-state index in [1.54, 1.807) is 31.2 Å². The number of urea groups is 1. The number of hydrogen-bond acceptors (Lipinski definition) is 5. The minimum absolute atomic E-state index is 0.0140. The van der Waals surface area contributed by atoms with Crippen LogP contribution in [0.4, 0.5) is 10.5 Å². The number of nitrogens with one attached hydrogen (secondary N) is 2. The number of primary amides is 1. The van der Waals surface area contributed by atoms with E-state index >= 15 is 0 Å². The number of carbonyl (C=O) groups is 4. The molecule has 0 spiro atoms. The Morgan fingerprint density at radius 3 is 2.47 bits per heavy atom. The number of amides is 3. The van der Waals surface area contributed by atoms with Crippen LogP contribution in [-0.4, -0.2) is 36.8 Å². The maximum Gasteiger partial charge on any atom is 0.312 e. The molecule has 2 aromatic rings. The first kappa shape index (κ1) is 27.4. The summed E-state index contributed by atoms with van der Waals surface area (Å²) in [5, 5.41) is 5.61. The maximum absolute atomic E-state index is 12.9. The first-order chi connectivity index (χ1) is 16.1. The summed E-state index contributed by atoms with van der Waals surface area (Å²) >= 11 is 18.6. The van der Waals surface area contributed by atoms with E-state index < -0.39 is 23.7 Å². The molecule has 0 radical (unpaired) electrons. The van der Waals surface area contributed by atoms with Crippen LogP contribution in [0.1, 0.15) is 35.7 Å². The Bertz CT molecular complexity index is 1080. The zero-order valence-electron chi connectivity index (χ0n) is 18.3. The fourth-order valence-corrected chi connectivity index (χ4v) is 3.99. The van der Waals surface area contributed by atoms with E-state index in [1.807, 2.05) is 0 Å². The zero-order valence-corrected chi connectivity index (χ0v) is 20.6. The predicted molar refractivity (Wildman–Crippen MR) is 132 cm³/mol. The van der Waals surface area contributed by atoms with Crippen LogP contribution >= 0.6 is 34.8 Å². The van der Waals surface area contributed by atoms with Crippen molar-refractivity contribution in [3.05, 3.63) is 62.6 Å². The summed E-state index contributed by atoms with van der Waals surface area (Å²) in [6, 6.07) is 9.02. The molecular formula is C23H24Cl3N3O5. The molecule has 0 aliphatic carbocycles. The number of Topliss-reactive ketones (excluding diaryl/α,β-unsaturated/α-hetero) is 1. The van der Waals surface area contributed by atoms with Crippen molar-refractivity contribution in [2.24, 2.45) is 11.7 Å². The number of ether oxygens (including phenoxy) is 1. The lowest BCUT2D eigenvalue weighted by atomic mass is 9.98. The molecule has 2 rings (SSSR count). The molecule has 0 saturated heterocycles. The van der Waals surface area contributed by atoms with Crippen LogP contribution in [0.3, 0.4) is 0 Å². The van der Waals surface area contributed by atoms with Crippen LogP contribution < -0.4 is 16.4 Å². The summed E-state index contributed by atoms with van der Waals surface area (Å²) in [6.45, 7) is 1.71. The summed E-state index contributed by atoms with van der Waals surface area (Å²) in [5.74, 6) is -2.14. The molecule has 0 aliphatic heterocycles. The van der Waals surface area contributed by atoms with Gasteiger partial charge < -0.3 is 21.1 Å². The third-order valence-electron chi connectivity index (χ3n) is 4.76. The molecule has 0 bridgehead atoms. The van der Waals surface area contributed by atoms with Crippen molar-refractivity contribution in [3.8, 4) is 0 Å². The Hall–Kier alpha value is -2.81. The van der Waals surface area contributed by atoms with Crippen LogP contribution in [0.25, 0.3) is 0 Å². The minimum atomic E-state index is -0.798. The lowest BCUT2D eigenvalue weighted by molar-refractivity contribution is -0.147. The highest BCUT2D eigenvalue weighted by Gasteiger charge is 2.24. The van der Waals surface area contributed by atoms with E-state index in [9.17, 15) is 19.2 Å². The van der Waals surface area contributed by atoms with Crippen LogP contribution in [0.2, 0.25) is 15.1 Å². The van der Waals surface area contributed by atoms with Crippen LogP contribution in [0.5, 0.6) is 0 Å². The van der Waals surface area contributed by atoms with Crippen LogP contribution in [0.15, 0.2) is 36.4 Å². The number of benzene rings is 2. The average molecular weight is 529 g/mol. The van der Waals surface area contributed by atoms with Gasteiger partial charge in [0.05, 0.1) is 40.2 Å². The molecule has 2 aromatic carbocycles. The van der Waals surface area contributed by atoms with Gasteiger partial charge in [-0.3, -0.25) is 14.4 Å². The van der Waals surface area contributed by atoms with Gasteiger partial charge in [-0.05, 0) is 43.2 Å². The first-order valence-corrected chi connectivity index (χ1v) is 11.5. The van der Waals surface area contributed by atoms with Gasteiger partial charge in [-0.1, -0.05) is 46.9 Å². The molecule has 0 unspecified atom stereocenters. The number of hydrogen-bond donors (Lipinski definition) is 3. The number of nitrogens with two attached hydrogens (primary N) is 1. The Labute approximate surface area is 212 Å². The second kappa shape index (κ2) is 13.2. The van der Waals surface area contributed by atoms with Crippen molar-refractivity contribution in [1.29, 1.82) is 0 Å². The number of anilines is 1. The molecule has 8 nitrogen and oxygen atoms in total. The average Bonchev–Trinajstić information content (AvgIpc) is 2.75. The third kappa shape index (κ3) is 8.20. The monoisotopic (exact) mass is 527 g/mol. The van der Waals surface area contributed by atoms with Gasteiger partial charge in [0.1, 0.15) is 0 Å². The normalized spacial score (nSPS) is 11.4. The van der Waals surface area contributed by atoms with Gasteiger partial charge in [-0.2, -0.15) is 0 Å². The Morgan fingerprint density at radius 1 is 1.09 bits per heavy atom. The molecule has 0 fully saturated rings. The molecule has 0 aliphatic rings. The molecule has 0 aromatic heterocycles. The van der Waals surface area contributed by atoms with Crippen molar-refractivity contribution in [2.75, 3.05) is 18.5 Å². The van der Waals surface area contributed by atoms with Crippen molar-refractivity contribution in [1.82, 2.24) is 5.32 Å². The molecule has 0 heterocycles. The molecule has 0 saturated carbocycles. The van der Waals surface area contributed by atoms with Gasteiger partial charge in [0, 0.05) is 18.0 Å². The predicted octanol–water partition coefficient (Wildman–Crippen LogP) is 4.64. The highest BCUT2D eigenvalue weighted by molar-refractivity contribution is 6.41. The smallest absolute Gasteiger partial charge is 0.312 e. The lowest BCUT2D eigenvalue weighted by Crippen LogP contribution is -2.37. The molecular weight excluding hydrogens is 505 g/mol. The Kier molecular flexibility index (Phi) is 10.6. The van der Waals surface area contributed by atoms with Crippen LogP contribution in [0, 0.1) is 5.92 Å². The summed E-state index contributed by atoms with van der Waals surface area (Å²) < 4.78 is 4.99. The molecule has 1 atom stereocenters. The molecule has 3 amide bonds. The van der Waals surface area contributed by atoms with E-state index in [1.165, 1.54) is 12.1 Å². The second-order valence-corrected chi connectivity index (χ2v) is 8.52. The summed E-state index contributed by atoms with van der Waals surface area (Å²) in [6.07, 6.45) is 0.0100. The van der Waals surface area contributed by atoms with Gasteiger partial charge in [-0.25, -0.2) is 4.79 Å². The van der Waals surface area contributed by atoms with E-state index in [-0.39, 0.29) is 59.6 Å². The summed E-state index contributed by atoms with van der Waals surface area (Å²) in [5.41, 5.74) is 6.02. The van der Waals surface area contributed by atoms with E-state index in [0.29, 0.717) is 10.6 Å². The number of rotatable bonds is 11. The molecule has 11 heteroatoms. The van der Waals surface area contributed by atoms with Crippen molar-refractivity contribution >= 4 is 64.2 Å². The van der Waals surface area contributed by atoms with E-state index in [2.05, 4.69) is 10.6 Å². The fraction of sp³-hybridized carbons (Fsp3) is 0.304. The number of ketones is 1. The highest BCUT2D eigenvalue weighted by Crippen LogP contribution is 2.33. The topological polar surface area (TPSA) is 128 Å². The maximum atomic E-state index is 12.9. The third-order valence-corrected chi connectivity index (χ3v) is 5.70. The largest absolute Gasteiger partial charge is 0.466 e. The number of carbonyl (C=O) groups excluding carboxylic acids is 4. The lowest BCUT2D eigenvalue weighted by Gasteiger charge is -2.16. The standard InChI is InChI=1S/C23H24Cl3N3O5/c1-2-34-22(32)14(12-28-23(27)33)6-9-18(30)20-16(25)7-8-17(21(20)26)29-19(31)11-13-4-3-5-15(24)10-13/h3-5,7-8,10,14H,2,6,9,11-12H2,1H3,(H,29,31)(H3,27,28,33)/t14-/m0/s1. The molecule has 34 heavy (non-hydrogen) atoms. The Balaban J connectivity index is 2.12. The minimum Gasteiger partial charge on any atom is -0.466 e. The number of esters is 1. The van der Waals surface area contributed by atoms with Gasteiger partial charge in [0.2, 0.25) is 5.91 Å². The number of halogens is 3.